The van der Waals surface area contributed by atoms with Gasteiger partial charge in [0.1, 0.15) is 0 Å². The summed E-state index contributed by atoms with van der Waals surface area (Å²) < 4.78 is 1.36. The largest absolute Gasteiger partial charge is 0.320 e. The average molecular weight is 314 g/mol. The number of halogens is 2. The number of aryl methyl sites for hydroxylation is 2. The Kier molecular flexibility index (Phi) is 4.91. The second-order valence-electron chi connectivity index (χ2n) is 4.50. The van der Waals surface area contributed by atoms with Crippen LogP contribution in [0.5, 0.6) is 0 Å². The van der Waals surface area contributed by atoms with Gasteiger partial charge in [0.2, 0.25) is 0 Å². The molecule has 0 aliphatic carbocycles. The van der Waals surface area contributed by atoms with Crippen molar-refractivity contribution in [2.45, 2.75) is 32.7 Å². The second kappa shape index (κ2) is 6.27. The van der Waals surface area contributed by atoms with E-state index < -0.39 is 0 Å². The maximum absolute atomic E-state index is 6.39. The fourth-order valence-corrected chi connectivity index (χ4v) is 3.76. The molecule has 0 saturated carbocycles. The van der Waals surface area contributed by atoms with Crippen molar-refractivity contribution in [1.82, 2.24) is 0 Å². The van der Waals surface area contributed by atoms with Crippen molar-refractivity contribution < 1.29 is 0 Å². The molecule has 0 aliphatic heterocycles. The number of nitrogens with two attached hydrogens (primary N) is 1. The Morgan fingerprint density at radius 3 is 2.37 bits per heavy atom. The van der Waals surface area contributed by atoms with Crippen molar-refractivity contribution in [3.8, 4) is 0 Å². The zero-order valence-corrected chi connectivity index (χ0v) is 13.4. The number of rotatable bonds is 4. The minimum atomic E-state index is -0.210. The van der Waals surface area contributed by atoms with E-state index in [1.807, 2.05) is 6.07 Å². The first-order valence-corrected chi connectivity index (χ1v) is 7.96. The smallest absolute Gasteiger partial charge is 0.0995 e. The highest BCUT2D eigenvalue weighted by molar-refractivity contribution is 7.20. The molecule has 2 aromatic rings. The molecule has 0 radical (unpaired) electrons. The van der Waals surface area contributed by atoms with Gasteiger partial charge < -0.3 is 5.73 Å². The van der Waals surface area contributed by atoms with Crippen LogP contribution in [0.2, 0.25) is 8.67 Å². The minimum Gasteiger partial charge on any atom is -0.320 e. The number of hydrogen-bond acceptors (Lipinski definition) is 2. The summed E-state index contributed by atoms with van der Waals surface area (Å²) in [7, 11) is 0. The van der Waals surface area contributed by atoms with E-state index in [4.69, 9.17) is 28.9 Å². The van der Waals surface area contributed by atoms with Crippen molar-refractivity contribution >= 4 is 34.5 Å². The molecule has 1 nitrogen and oxygen atoms in total. The lowest BCUT2D eigenvalue weighted by Gasteiger charge is -2.17. The van der Waals surface area contributed by atoms with Gasteiger partial charge in [0.05, 0.1) is 14.7 Å². The van der Waals surface area contributed by atoms with Crippen LogP contribution in [-0.4, -0.2) is 0 Å². The third-order valence-corrected chi connectivity index (χ3v) is 4.87. The van der Waals surface area contributed by atoms with Gasteiger partial charge in [-0.1, -0.05) is 55.2 Å². The van der Waals surface area contributed by atoms with Crippen LogP contribution in [0.25, 0.3) is 0 Å². The van der Waals surface area contributed by atoms with Crippen LogP contribution < -0.4 is 5.73 Å². The molecule has 102 valence electrons. The van der Waals surface area contributed by atoms with Gasteiger partial charge in [0.15, 0.2) is 0 Å². The van der Waals surface area contributed by atoms with E-state index in [-0.39, 0.29) is 6.04 Å². The zero-order chi connectivity index (χ0) is 14.0. The molecule has 0 amide bonds. The van der Waals surface area contributed by atoms with Crippen LogP contribution in [-0.2, 0) is 12.8 Å². The lowest BCUT2D eigenvalue weighted by atomic mass is 9.93. The van der Waals surface area contributed by atoms with Gasteiger partial charge in [-0.2, -0.15) is 0 Å². The van der Waals surface area contributed by atoms with Crippen LogP contribution in [0.3, 0.4) is 0 Å². The van der Waals surface area contributed by atoms with Crippen molar-refractivity contribution in [1.29, 1.82) is 0 Å². The molecule has 1 aromatic carbocycles. The van der Waals surface area contributed by atoms with Gasteiger partial charge in [0, 0.05) is 5.56 Å². The molecular weight excluding hydrogens is 297 g/mol. The van der Waals surface area contributed by atoms with E-state index in [9.17, 15) is 0 Å². The topological polar surface area (TPSA) is 26.0 Å². The molecule has 1 aromatic heterocycles. The van der Waals surface area contributed by atoms with Crippen LogP contribution in [0.1, 0.15) is 42.1 Å². The Balaban J connectivity index is 2.47. The molecule has 0 saturated heterocycles. The Morgan fingerprint density at radius 2 is 1.84 bits per heavy atom. The van der Waals surface area contributed by atoms with E-state index in [2.05, 4.69) is 32.0 Å². The fourth-order valence-electron chi connectivity index (χ4n) is 2.21. The summed E-state index contributed by atoms with van der Waals surface area (Å²) in [6, 6.07) is 8.17. The standard InChI is InChI=1S/C15H17Cl2NS/c1-3-9-5-6-10(4-2)11(7-9)14(18)12-8-13(16)19-15(12)17/h5-8,14H,3-4,18H2,1-2H3. The molecule has 19 heavy (non-hydrogen) atoms. The minimum absolute atomic E-state index is 0.210. The SMILES string of the molecule is CCc1ccc(CC)c(C(N)c2cc(Cl)sc2Cl)c1. The quantitative estimate of drug-likeness (QED) is 0.822. The molecule has 1 atom stereocenters. The summed E-state index contributed by atoms with van der Waals surface area (Å²) in [5, 5.41) is 0. The molecule has 1 unspecified atom stereocenters. The number of benzene rings is 1. The molecule has 2 N–H and O–H groups in total. The van der Waals surface area contributed by atoms with Crippen LogP contribution in [0.15, 0.2) is 24.3 Å². The predicted octanol–water partition coefficient (Wildman–Crippen LogP) is 5.23. The summed E-state index contributed by atoms with van der Waals surface area (Å²) in [5.41, 5.74) is 11.0. The van der Waals surface area contributed by atoms with Crippen molar-refractivity contribution in [2.75, 3.05) is 0 Å². The van der Waals surface area contributed by atoms with E-state index in [1.165, 1.54) is 22.5 Å². The third kappa shape index (κ3) is 3.14. The first kappa shape index (κ1) is 14.9. The van der Waals surface area contributed by atoms with Gasteiger partial charge in [-0.25, -0.2) is 0 Å². The highest BCUT2D eigenvalue weighted by Gasteiger charge is 2.18. The Labute approximate surface area is 128 Å². The highest BCUT2D eigenvalue weighted by Crippen LogP contribution is 2.37. The Bertz CT molecular complexity index is 578. The van der Waals surface area contributed by atoms with Gasteiger partial charge in [-0.05, 0) is 35.6 Å². The summed E-state index contributed by atoms with van der Waals surface area (Å²) in [6.45, 7) is 4.28. The number of thiophene rings is 1. The predicted molar refractivity (Wildman–Crippen MR) is 85.6 cm³/mol. The van der Waals surface area contributed by atoms with E-state index in [0.717, 1.165) is 24.0 Å². The van der Waals surface area contributed by atoms with Crippen LogP contribution >= 0.6 is 34.5 Å². The molecule has 1 heterocycles. The zero-order valence-electron chi connectivity index (χ0n) is 11.0. The van der Waals surface area contributed by atoms with Crippen LogP contribution in [0.4, 0.5) is 0 Å². The van der Waals surface area contributed by atoms with E-state index >= 15 is 0 Å². The Morgan fingerprint density at radius 1 is 1.11 bits per heavy atom. The summed E-state index contributed by atoms with van der Waals surface area (Å²) in [4.78, 5) is 0. The van der Waals surface area contributed by atoms with E-state index in [1.54, 1.807) is 0 Å². The molecule has 2 rings (SSSR count). The molecule has 0 fully saturated rings. The van der Waals surface area contributed by atoms with Gasteiger partial charge >= 0.3 is 0 Å². The summed E-state index contributed by atoms with van der Waals surface area (Å²) in [6.07, 6.45) is 1.96. The molecule has 0 bridgehead atoms. The second-order valence-corrected chi connectivity index (χ2v) is 6.78. The monoisotopic (exact) mass is 313 g/mol. The maximum atomic E-state index is 6.39. The summed E-state index contributed by atoms with van der Waals surface area (Å²) in [5.74, 6) is 0. The maximum Gasteiger partial charge on any atom is 0.0995 e. The van der Waals surface area contributed by atoms with Gasteiger partial charge in [-0.15, -0.1) is 11.3 Å². The molecule has 0 spiro atoms. The van der Waals surface area contributed by atoms with Crippen molar-refractivity contribution in [2.24, 2.45) is 5.73 Å². The average Bonchev–Trinajstić information content (AvgIpc) is 2.76. The molecule has 0 aliphatic rings. The lowest BCUT2D eigenvalue weighted by Crippen LogP contribution is -2.14. The van der Waals surface area contributed by atoms with Gasteiger partial charge in [-0.3, -0.25) is 0 Å². The molecular formula is C15H17Cl2NS. The van der Waals surface area contributed by atoms with Crippen LogP contribution in [0, 0.1) is 0 Å². The van der Waals surface area contributed by atoms with E-state index in [0.29, 0.717) is 8.67 Å². The van der Waals surface area contributed by atoms with Crippen molar-refractivity contribution in [3.63, 3.8) is 0 Å². The van der Waals surface area contributed by atoms with Crippen molar-refractivity contribution in [3.05, 3.63) is 55.2 Å². The first-order valence-electron chi connectivity index (χ1n) is 6.38. The first-order chi connectivity index (χ1) is 9.06. The summed E-state index contributed by atoms with van der Waals surface area (Å²) >= 11 is 13.6. The molecule has 4 heteroatoms. The number of hydrogen-bond donors (Lipinski definition) is 1. The third-order valence-electron chi connectivity index (χ3n) is 3.35. The normalized spacial score (nSPS) is 12.7. The lowest BCUT2D eigenvalue weighted by molar-refractivity contribution is 0.849. The highest BCUT2D eigenvalue weighted by atomic mass is 35.5. The fraction of sp³-hybridized carbons (Fsp3) is 0.333. The van der Waals surface area contributed by atoms with Gasteiger partial charge in [0.25, 0.3) is 0 Å². The Hall–Kier alpha value is -0.540.